The molecule has 22 heavy (non-hydrogen) atoms. The SMILES string of the molecule is O=NC(CCC(=O)O)c1ccc(-c2ccc(Br)cc2)cc1F. The molecule has 0 aliphatic carbocycles. The van der Waals surface area contributed by atoms with E-state index in [0.717, 1.165) is 10.0 Å². The molecule has 1 atom stereocenters. The van der Waals surface area contributed by atoms with Crippen LogP contribution in [0.1, 0.15) is 24.4 Å². The van der Waals surface area contributed by atoms with E-state index < -0.39 is 17.8 Å². The minimum absolute atomic E-state index is 0.0205. The number of carbonyl (C=O) groups is 1. The van der Waals surface area contributed by atoms with Crippen LogP contribution in [0.3, 0.4) is 0 Å². The third-order valence-electron chi connectivity index (χ3n) is 3.30. The molecule has 6 heteroatoms. The second-order valence-electron chi connectivity index (χ2n) is 4.80. The molecule has 1 unspecified atom stereocenters. The quantitative estimate of drug-likeness (QED) is 0.738. The Labute approximate surface area is 135 Å². The predicted octanol–water partition coefficient (Wildman–Crippen LogP) is 4.93. The Morgan fingerprint density at radius 1 is 1.18 bits per heavy atom. The first-order valence-corrected chi connectivity index (χ1v) is 7.40. The zero-order valence-corrected chi connectivity index (χ0v) is 13.1. The largest absolute Gasteiger partial charge is 0.481 e. The van der Waals surface area contributed by atoms with Gasteiger partial charge in [-0.15, -0.1) is 0 Å². The van der Waals surface area contributed by atoms with Crippen LogP contribution in [0.25, 0.3) is 11.1 Å². The second kappa shape index (κ2) is 7.26. The molecule has 0 saturated carbocycles. The number of carboxylic acid groups (broad SMARTS) is 1. The minimum atomic E-state index is -1.04. The van der Waals surface area contributed by atoms with E-state index in [1.165, 1.54) is 12.1 Å². The van der Waals surface area contributed by atoms with Gasteiger partial charge in [-0.1, -0.05) is 45.4 Å². The number of hydrogen-bond donors (Lipinski definition) is 1. The lowest BCUT2D eigenvalue weighted by atomic mass is 9.98. The fourth-order valence-corrected chi connectivity index (χ4v) is 2.41. The van der Waals surface area contributed by atoms with Crippen molar-refractivity contribution in [2.75, 3.05) is 0 Å². The van der Waals surface area contributed by atoms with E-state index in [4.69, 9.17) is 5.11 Å². The highest BCUT2D eigenvalue weighted by Crippen LogP contribution is 2.29. The molecule has 0 aliphatic heterocycles. The minimum Gasteiger partial charge on any atom is -0.481 e. The highest BCUT2D eigenvalue weighted by Gasteiger charge is 2.18. The van der Waals surface area contributed by atoms with Gasteiger partial charge in [0.1, 0.15) is 11.9 Å². The van der Waals surface area contributed by atoms with Crippen molar-refractivity contribution >= 4 is 21.9 Å². The van der Waals surface area contributed by atoms with Crippen LogP contribution < -0.4 is 0 Å². The third-order valence-corrected chi connectivity index (χ3v) is 3.82. The lowest BCUT2D eigenvalue weighted by Gasteiger charge is -2.11. The number of benzene rings is 2. The maximum atomic E-state index is 14.2. The molecule has 2 aromatic carbocycles. The Balaban J connectivity index is 2.26. The number of carboxylic acids is 1. The summed E-state index contributed by atoms with van der Waals surface area (Å²) < 4.78 is 15.1. The highest BCUT2D eigenvalue weighted by atomic mass is 79.9. The van der Waals surface area contributed by atoms with E-state index in [-0.39, 0.29) is 18.4 Å². The molecule has 4 nitrogen and oxygen atoms in total. The summed E-state index contributed by atoms with van der Waals surface area (Å²) in [6.07, 6.45) is -0.252. The summed E-state index contributed by atoms with van der Waals surface area (Å²) in [6, 6.07) is 10.9. The lowest BCUT2D eigenvalue weighted by Crippen LogP contribution is -2.03. The summed E-state index contributed by atoms with van der Waals surface area (Å²) in [5.41, 5.74) is 1.64. The van der Waals surface area contributed by atoms with Crippen molar-refractivity contribution in [1.82, 2.24) is 0 Å². The Morgan fingerprint density at radius 3 is 2.36 bits per heavy atom. The molecule has 1 N–H and O–H groups in total. The molecule has 114 valence electrons. The van der Waals surface area contributed by atoms with Crippen LogP contribution in [0.2, 0.25) is 0 Å². The molecule has 0 aromatic heterocycles. The van der Waals surface area contributed by atoms with Crippen molar-refractivity contribution in [3.63, 3.8) is 0 Å². The number of hydrogen-bond acceptors (Lipinski definition) is 3. The molecular formula is C16H13BrFNO3. The zero-order chi connectivity index (χ0) is 16.1. The van der Waals surface area contributed by atoms with Crippen LogP contribution in [0.15, 0.2) is 52.1 Å². The topological polar surface area (TPSA) is 66.7 Å². The van der Waals surface area contributed by atoms with E-state index >= 15 is 0 Å². The van der Waals surface area contributed by atoms with Crippen molar-refractivity contribution in [3.05, 3.63) is 63.2 Å². The van der Waals surface area contributed by atoms with Gasteiger partial charge in [0.15, 0.2) is 0 Å². The van der Waals surface area contributed by atoms with E-state index in [9.17, 15) is 14.1 Å². The Kier molecular flexibility index (Phi) is 5.38. The van der Waals surface area contributed by atoms with Gasteiger partial charge >= 0.3 is 5.97 Å². The van der Waals surface area contributed by atoms with Crippen molar-refractivity contribution in [1.29, 1.82) is 0 Å². The summed E-state index contributed by atoms with van der Waals surface area (Å²) in [5, 5.41) is 11.5. The second-order valence-corrected chi connectivity index (χ2v) is 5.71. The average Bonchev–Trinajstić information content (AvgIpc) is 2.49. The third kappa shape index (κ3) is 3.98. The van der Waals surface area contributed by atoms with Gasteiger partial charge in [-0.2, -0.15) is 4.91 Å². The first-order chi connectivity index (χ1) is 10.5. The van der Waals surface area contributed by atoms with Gasteiger partial charge in [0, 0.05) is 16.5 Å². The van der Waals surface area contributed by atoms with E-state index in [1.807, 2.05) is 24.3 Å². The number of halogens is 2. The smallest absolute Gasteiger partial charge is 0.303 e. The zero-order valence-electron chi connectivity index (χ0n) is 11.5. The van der Waals surface area contributed by atoms with Crippen molar-refractivity contribution in [2.45, 2.75) is 18.9 Å². The molecule has 0 bridgehead atoms. The van der Waals surface area contributed by atoms with Gasteiger partial charge in [-0.25, -0.2) is 4.39 Å². The Hall–Kier alpha value is -2.08. The summed E-state index contributed by atoms with van der Waals surface area (Å²) in [5.74, 6) is -1.60. The van der Waals surface area contributed by atoms with E-state index in [0.29, 0.717) is 5.56 Å². The van der Waals surface area contributed by atoms with Crippen molar-refractivity contribution < 1.29 is 14.3 Å². The number of aliphatic carboxylic acids is 1. The number of nitroso groups, excluding NO2 is 1. The molecule has 0 heterocycles. The first kappa shape index (κ1) is 16.3. The molecule has 0 amide bonds. The van der Waals surface area contributed by atoms with Crippen LogP contribution in [0.4, 0.5) is 4.39 Å². The van der Waals surface area contributed by atoms with Crippen LogP contribution in [-0.2, 0) is 4.79 Å². The lowest BCUT2D eigenvalue weighted by molar-refractivity contribution is -0.137. The fourth-order valence-electron chi connectivity index (χ4n) is 2.14. The molecule has 0 fully saturated rings. The molecule has 0 aliphatic rings. The average molecular weight is 366 g/mol. The van der Waals surface area contributed by atoms with Gasteiger partial charge in [-0.05, 0) is 35.7 Å². The van der Waals surface area contributed by atoms with Crippen molar-refractivity contribution in [3.8, 4) is 11.1 Å². The van der Waals surface area contributed by atoms with Gasteiger partial charge in [0.05, 0.1) is 0 Å². The van der Waals surface area contributed by atoms with Gasteiger partial charge in [0.25, 0.3) is 0 Å². The summed E-state index contributed by atoms with van der Waals surface area (Å²) in [6.45, 7) is 0. The monoisotopic (exact) mass is 365 g/mol. The normalized spacial score (nSPS) is 11.9. The fraction of sp³-hybridized carbons (Fsp3) is 0.188. The van der Waals surface area contributed by atoms with Gasteiger partial charge in [-0.3, -0.25) is 4.79 Å². The van der Waals surface area contributed by atoms with Gasteiger partial charge in [0.2, 0.25) is 0 Å². The summed E-state index contributed by atoms with van der Waals surface area (Å²) in [7, 11) is 0. The van der Waals surface area contributed by atoms with E-state index in [1.54, 1.807) is 6.07 Å². The number of rotatable bonds is 6. The van der Waals surface area contributed by atoms with Crippen LogP contribution in [0.5, 0.6) is 0 Å². The summed E-state index contributed by atoms with van der Waals surface area (Å²) in [4.78, 5) is 21.4. The number of nitrogens with zero attached hydrogens (tertiary/aromatic N) is 1. The van der Waals surface area contributed by atoms with Crippen LogP contribution in [-0.4, -0.2) is 11.1 Å². The maximum Gasteiger partial charge on any atom is 0.303 e. The van der Waals surface area contributed by atoms with E-state index in [2.05, 4.69) is 21.1 Å². The standard InChI is InChI=1S/C16H13BrFNO3/c17-12-4-1-10(2-5-12)11-3-6-13(14(18)9-11)15(19-22)7-8-16(20)21/h1-6,9,15H,7-8H2,(H,20,21). The van der Waals surface area contributed by atoms with Crippen LogP contribution >= 0.6 is 15.9 Å². The highest BCUT2D eigenvalue weighted by molar-refractivity contribution is 9.10. The van der Waals surface area contributed by atoms with Gasteiger partial charge < -0.3 is 5.11 Å². The Bertz CT molecular complexity index is 688. The molecule has 2 aromatic rings. The summed E-state index contributed by atoms with van der Waals surface area (Å²) >= 11 is 3.33. The predicted molar refractivity (Wildman–Crippen MR) is 84.9 cm³/mol. The molecular weight excluding hydrogens is 353 g/mol. The molecule has 0 spiro atoms. The molecule has 2 rings (SSSR count). The first-order valence-electron chi connectivity index (χ1n) is 6.61. The maximum absolute atomic E-state index is 14.2. The van der Waals surface area contributed by atoms with Crippen molar-refractivity contribution in [2.24, 2.45) is 5.18 Å². The molecule has 0 saturated heterocycles. The molecule has 0 radical (unpaired) electrons. The Morgan fingerprint density at radius 2 is 1.82 bits per heavy atom. The van der Waals surface area contributed by atoms with Crippen LogP contribution in [0, 0.1) is 10.7 Å².